The van der Waals surface area contributed by atoms with Gasteiger partial charge in [-0.15, -0.1) is 22.7 Å². The quantitative estimate of drug-likeness (QED) is 0.148. The van der Waals surface area contributed by atoms with Gasteiger partial charge in [-0.2, -0.15) is 10.2 Å². The van der Waals surface area contributed by atoms with Crippen LogP contribution in [0.1, 0.15) is 73.7 Å². The lowest BCUT2D eigenvalue weighted by Gasteiger charge is -2.16. The van der Waals surface area contributed by atoms with Gasteiger partial charge in [-0.1, -0.05) is 13.8 Å². The van der Waals surface area contributed by atoms with E-state index < -0.39 is 11.8 Å². The number of carbonyl (C=O) groups excluding carboxylic acids is 1. The average Bonchev–Trinajstić information content (AvgIpc) is 3.99. The Morgan fingerprint density at radius 2 is 1.12 bits per heavy atom. The van der Waals surface area contributed by atoms with E-state index in [2.05, 4.69) is 42.9 Å². The molecule has 15 heteroatoms. The number of Topliss-reactive ketones (excluding diaryl/α,β-unsaturated/α-hetero) is 1. The van der Waals surface area contributed by atoms with Gasteiger partial charge in [0.05, 0.1) is 59.1 Å². The van der Waals surface area contributed by atoms with Crippen molar-refractivity contribution in [3.63, 3.8) is 0 Å². The number of hydrogen-bond acceptors (Lipinski definition) is 11. The molecule has 0 aliphatic carbocycles. The number of aromatic nitrogens is 12. The van der Waals surface area contributed by atoms with Gasteiger partial charge < -0.3 is 9.13 Å². The Bertz CT molecular complexity index is 2270. The summed E-state index contributed by atoms with van der Waals surface area (Å²) in [5, 5.41) is 15.5. The Hall–Kier alpha value is -5.41. The summed E-state index contributed by atoms with van der Waals surface area (Å²) in [6.07, 6.45) is 12.5. The minimum absolute atomic E-state index is 0.0403. The van der Waals surface area contributed by atoms with Gasteiger partial charge in [0.15, 0.2) is 38.7 Å². The van der Waals surface area contributed by atoms with Gasteiger partial charge in [-0.3, -0.25) is 4.79 Å². The number of aryl methyl sites for hydroxylation is 2. The fourth-order valence-electron chi connectivity index (χ4n) is 6.43. The van der Waals surface area contributed by atoms with E-state index in [0.717, 1.165) is 68.6 Å². The van der Waals surface area contributed by atoms with E-state index in [9.17, 15) is 4.79 Å². The van der Waals surface area contributed by atoms with Crippen LogP contribution in [-0.4, -0.2) is 64.0 Å². The molecule has 2 unspecified atom stereocenters. The Morgan fingerprint density at radius 3 is 1.52 bits per heavy atom. The van der Waals surface area contributed by atoms with E-state index in [1.807, 2.05) is 70.3 Å². The molecule has 0 aliphatic heterocycles. The molecule has 2 atom stereocenters. The smallest absolute Gasteiger partial charge is 0.169 e. The highest BCUT2D eigenvalue weighted by atomic mass is 32.1. The third kappa shape index (κ3) is 5.61. The van der Waals surface area contributed by atoms with Gasteiger partial charge in [0.2, 0.25) is 0 Å². The number of rotatable bonds is 12. The molecule has 8 aromatic rings. The number of thiazole rings is 2. The highest BCUT2D eigenvalue weighted by Gasteiger charge is 2.27. The molecule has 8 aromatic heterocycles. The highest BCUT2D eigenvalue weighted by molar-refractivity contribution is 7.13. The molecule has 0 saturated carbocycles. The maximum absolute atomic E-state index is 14.0. The normalized spacial score (nSPS) is 13.0. The van der Waals surface area contributed by atoms with Crippen molar-refractivity contribution in [3.8, 4) is 21.7 Å². The van der Waals surface area contributed by atoms with E-state index >= 15 is 0 Å². The fourth-order valence-corrected chi connectivity index (χ4v) is 7.72. The Kier molecular flexibility index (Phi) is 8.36. The molecule has 13 nitrogen and oxygen atoms in total. The summed E-state index contributed by atoms with van der Waals surface area (Å²) in [6.45, 7) is 9.11. The number of fused-ring (bicyclic) bond motifs is 2. The first-order chi connectivity index (χ1) is 24.4. The third-order valence-corrected chi connectivity index (χ3v) is 10.6. The molecule has 0 radical (unpaired) electrons. The standard InChI is InChI=1S/C35H34N12OS2/c1-5-27-25(19-44-15-11-36-32(44)34-38-13-17-49-34)40-29-9-7-23(42-46(27)29)21(3)31(48)22(4)24-8-10-30-41-26(28(6-2)47(30)43-24)20-45-16-12-37-33(45)35-39-14-18-50-35/h7-18,21-22H,5-6,19-20H2,1-4H3. The Labute approximate surface area is 295 Å². The molecule has 8 heterocycles. The third-order valence-electron chi connectivity index (χ3n) is 9.08. The van der Waals surface area contributed by atoms with Crippen LogP contribution >= 0.6 is 22.7 Å². The molecule has 0 aliphatic rings. The van der Waals surface area contributed by atoms with E-state index in [1.165, 1.54) is 0 Å². The maximum atomic E-state index is 14.0. The van der Waals surface area contributed by atoms with Crippen LogP contribution in [0.2, 0.25) is 0 Å². The molecule has 0 N–H and O–H groups in total. The molecule has 0 bridgehead atoms. The van der Waals surface area contributed by atoms with E-state index in [1.54, 1.807) is 47.5 Å². The number of carbonyl (C=O) groups is 1. The zero-order valence-electron chi connectivity index (χ0n) is 28.0. The molecule has 0 aromatic carbocycles. The summed E-state index contributed by atoms with van der Waals surface area (Å²) in [5.41, 5.74) is 6.69. The van der Waals surface area contributed by atoms with Crippen molar-refractivity contribution in [2.45, 2.75) is 65.5 Å². The number of imidazole rings is 4. The average molecular weight is 703 g/mol. The largest absolute Gasteiger partial charge is 0.323 e. The molecule has 0 fully saturated rings. The van der Waals surface area contributed by atoms with Crippen LogP contribution < -0.4 is 0 Å². The van der Waals surface area contributed by atoms with E-state index in [4.69, 9.17) is 20.2 Å². The van der Waals surface area contributed by atoms with Crippen LogP contribution in [0, 0.1) is 0 Å². The van der Waals surface area contributed by atoms with Gasteiger partial charge >= 0.3 is 0 Å². The van der Waals surface area contributed by atoms with Crippen molar-refractivity contribution in [2.24, 2.45) is 0 Å². The molecule has 0 amide bonds. The van der Waals surface area contributed by atoms with Crippen molar-refractivity contribution < 1.29 is 4.79 Å². The Balaban J connectivity index is 1.04. The summed E-state index contributed by atoms with van der Waals surface area (Å²) in [5.74, 6) is 0.747. The first-order valence-corrected chi connectivity index (χ1v) is 18.3. The SMILES string of the molecule is CCc1c(Cn2ccnc2-c2nccs2)nc2ccc(C(C)C(=O)C(C)c3ccc4nc(Cn5ccnc5-c5nccs5)c(CC)n4n3)nn12. The molecule has 0 spiro atoms. The topological polar surface area (TPSA) is 139 Å². The molecular weight excluding hydrogens is 669 g/mol. The predicted molar refractivity (Wildman–Crippen MR) is 191 cm³/mol. The molecule has 50 heavy (non-hydrogen) atoms. The molecule has 8 rings (SSSR count). The lowest BCUT2D eigenvalue weighted by atomic mass is 9.90. The number of nitrogens with zero attached hydrogens (tertiary/aromatic N) is 12. The fraction of sp³-hybridized carbons (Fsp3) is 0.286. The zero-order chi connectivity index (χ0) is 34.4. The predicted octanol–water partition coefficient (Wildman–Crippen LogP) is 6.11. The number of ketones is 1. The van der Waals surface area contributed by atoms with Gasteiger partial charge in [0.1, 0.15) is 0 Å². The molecule has 0 saturated heterocycles. The van der Waals surface area contributed by atoms with Crippen LogP contribution in [0.3, 0.4) is 0 Å². The lowest BCUT2D eigenvalue weighted by molar-refractivity contribution is -0.121. The van der Waals surface area contributed by atoms with Crippen LogP contribution in [-0.2, 0) is 30.7 Å². The van der Waals surface area contributed by atoms with E-state index in [0.29, 0.717) is 24.5 Å². The van der Waals surface area contributed by atoms with Crippen LogP contribution in [0.15, 0.2) is 72.2 Å². The lowest BCUT2D eigenvalue weighted by Crippen LogP contribution is -2.20. The summed E-state index contributed by atoms with van der Waals surface area (Å²) >= 11 is 3.11. The van der Waals surface area contributed by atoms with Crippen molar-refractivity contribution in [3.05, 3.63) is 106 Å². The summed E-state index contributed by atoms with van der Waals surface area (Å²) in [6, 6.07) is 7.70. The summed E-state index contributed by atoms with van der Waals surface area (Å²) < 4.78 is 7.88. The second kappa shape index (κ2) is 13.1. The monoisotopic (exact) mass is 702 g/mol. The van der Waals surface area contributed by atoms with Crippen LogP contribution in [0.5, 0.6) is 0 Å². The van der Waals surface area contributed by atoms with Crippen molar-refractivity contribution in [1.82, 2.24) is 58.3 Å². The van der Waals surface area contributed by atoms with Crippen molar-refractivity contribution >= 4 is 39.8 Å². The molecular formula is C35H34N12OS2. The summed E-state index contributed by atoms with van der Waals surface area (Å²) in [7, 11) is 0. The van der Waals surface area contributed by atoms with Crippen LogP contribution in [0.4, 0.5) is 0 Å². The van der Waals surface area contributed by atoms with E-state index in [-0.39, 0.29) is 5.78 Å². The van der Waals surface area contributed by atoms with Crippen LogP contribution in [0.25, 0.3) is 33.0 Å². The van der Waals surface area contributed by atoms with Crippen molar-refractivity contribution in [2.75, 3.05) is 0 Å². The Morgan fingerprint density at radius 1 is 0.660 bits per heavy atom. The minimum atomic E-state index is -0.456. The van der Waals surface area contributed by atoms with Gasteiger partial charge in [0, 0.05) is 47.9 Å². The first-order valence-electron chi connectivity index (χ1n) is 16.5. The van der Waals surface area contributed by atoms with Gasteiger partial charge in [-0.05, 0) is 51.0 Å². The van der Waals surface area contributed by atoms with Gasteiger partial charge in [-0.25, -0.2) is 38.9 Å². The highest BCUT2D eigenvalue weighted by Crippen LogP contribution is 2.28. The van der Waals surface area contributed by atoms with Gasteiger partial charge in [0.25, 0.3) is 0 Å². The molecule has 252 valence electrons. The zero-order valence-corrected chi connectivity index (χ0v) is 29.6. The first kappa shape index (κ1) is 31.8. The second-order valence-corrected chi connectivity index (χ2v) is 13.8. The minimum Gasteiger partial charge on any atom is -0.323 e. The second-order valence-electron chi connectivity index (χ2n) is 12.1. The maximum Gasteiger partial charge on any atom is 0.169 e. The van der Waals surface area contributed by atoms with Crippen molar-refractivity contribution in [1.29, 1.82) is 0 Å². The summed E-state index contributed by atoms with van der Waals surface area (Å²) in [4.78, 5) is 41.7. The number of hydrogen-bond donors (Lipinski definition) is 0.